The number of para-hydroxylation sites is 2. The summed E-state index contributed by atoms with van der Waals surface area (Å²) >= 11 is 0.290. The largest absolute Gasteiger partial charge is 0.466 e. The van der Waals surface area contributed by atoms with Gasteiger partial charge in [0.2, 0.25) is 5.91 Å². The lowest BCUT2D eigenvalue weighted by Gasteiger charge is -2.19. The average Bonchev–Trinajstić information content (AvgIpc) is 3.04. The summed E-state index contributed by atoms with van der Waals surface area (Å²) in [6, 6.07) is 15.4. The lowest BCUT2D eigenvalue weighted by Crippen LogP contribution is -2.33. The lowest BCUT2D eigenvalue weighted by molar-refractivity contribution is -0.143. The Morgan fingerprint density at radius 3 is 2.53 bits per heavy atom. The van der Waals surface area contributed by atoms with E-state index in [1.54, 1.807) is 55.5 Å². The average molecular weight is 433 g/mol. The zero-order chi connectivity index (χ0) is 21.5. The van der Waals surface area contributed by atoms with Crippen LogP contribution in [0.1, 0.15) is 24.9 Å². The van der Waals surface area contributed by atoms with Gasteiger partial charge in [-0.25, -0.2) is 4.98 Å². The number of thioether (sulfide) groups is 1. The third-order valence-corrected chi connectivity index (χ3v) is 5.03. The van der Waals surface area contributed by atoms with E-state index in [4.69, 9.17) is 4.74 Å². The second kappa shape index (κ2) is 10.2. The van der Waals surface area contributed by atoms with Gasteiger partial charge in [-0.15, -0.1) is 0 Å². The molecule has 0 bridgehead atoms. The quantitative estimate of drug-likeness (QED) is 0.405. The molecule has 3 aromatic rings. The molecular weight excluding hydrogens is 412 g/mol. The van der Waals surface area contributed by atoms with Gasteiger partial charge in [-0.2, -0.15) is 8.78 Å². The smallest absolute Gasteiger partial charge is 0.308 e. The Hall–Kier alpha value is -2.94. The molecule has 0 saturated heterocycles. The van der Waals surface area contributed by atoms with E-state index in [1.165, 1.54) is 4.57 Å². The van der Waals surface area contributed by atoms with Gasteiger partial charge in [-0.1, -0.05) is 42.5 Å². The van der Waals surface area contributed by atoms with Crippen molar-refractivity contribution in [2.75, 3.05) is 6.61 Å². The number of amides is 1. The lowest BCUT2D eigenvalue weighted by atomic mass is 10.0. The standard InChI is InChI=1S/C21H21F2N3O3S/c1-2-29-19(28)12-16(14-8-4-3-5-9-14)24-18(27)13-26-17-11-7-6-10-15(17)25-21(26)30-20(22)23/h3-11,16,20H,2,12-13H2,1H3,(H,24,27). The van der Waals surface area contributed by atoms with Gasteiger partial charge in [-0.3, -0.25) is 9.59 Å². The third kappa shape index (κ3) is 5.56. The zero-order valence-corrected chi connectivity index (χ0v) is 17.1. The maximum Gasteiger partial charge on any atom is 0.308 e. The number of aromatic nitrogens is 2. The number of hydrogen-bond donors (Lipinski definition) is 1. The Balaban J connectivity index is 1.82. The van der Waals surface area contributed by atoms with Crippen molar-refractivity contribution in [3.8, 4) is 0 Å². The molecule has 1 aromatic heterocycles. The summed E-state index contributed by atoms with van der Waals surface area (Å²) in [6.07, 6.45) is -0.0348. The molecule has 6 nitrogen and oxygen atoms in total. The Kier molecular flexibility index (Phi) is 7.40. The van der Waals surface area contributed by atoms with Gasteiger partial charge in [0, 0.05) is 0 Å². The van der Waals surface area contributed by atoms with Gasteiger partial charge in [0.05, 0.1) is 30.1 Å². The van der Waals surface area contributed by atoms with Gasteiger partial charge in [0.15, 0.2) is 5.16 Å². The molecule has 2 aromatic carbocycles. The van der Waals surface area contributed by atoms with Gasteiger partial charge >= 0.3 is 5.97 Å². The van der Waals surface area contributed by atoms with E-state index in [1.807, 2.05) is 6.07 Å². The summed E-state index contributed by atoms with van der Waals surface area (Å²) in [6.45, 7) is 1.74. The SMILES string of the molecule is CCOC(=O)CC(NC(=O)Cn1c(SC(F)F)nc2ccccc21)c1ccccc1. The maximum absolute atomic E-state index is 13.0. The molecule has 30 heavy (non-hydrogen) atoms. The highest BCUT2D eigenvalue weighted by Crippen LogP contribution is 2.28. The normalized spacial score (nSPS) is 12.1. The maximum atomic E-state index is 13.0. The molecule has 3 rings (SSSR count). The summed E-state index contributed by atoms with van der Waals surface area (Å²) in [5.74, 6) is -3.52. The summed E-state index contributed by atoms with van der Waals surface area (Å²) < 4.78 is 32.4. The molecule has 1 atom stereocenters. The number of rotatable bonds is 9. The van der Waals surface area contributed by atoms with Crippen LogP contribution in [0, 0.1) is 0 Å². The van der Waals surface area contributed by atoms with Crippen molar-refractivity contribution in [3.05, 3.63) is 60.2 Å². The summed E-state index contributed by atoms with van der Waals surface area (Å²) in [5.41, 5.74) is 1.86. The van der Waals surface area contributed by atoms with Crippen LogP contribution in [0.15, 0.2) is 59.8 Å². The van der Waals surface area contributed by atoms with E-state index in [0.717, 1.165) is 5.56 Å². The van der Waals surface area contributed by atoms with Crippen LogP contribution in [-0.4, -0.2) is 33.8 Å². The number of hydrogen-bond acceptors (Lipinski definition) is 5. The number of benzene rings is 2. The van der Waals surface area contributed by atoms with E-state index in [2.05, 4.69) is 10.3 Å². The molecule has 1 amide bonds. The van der Waals surface area contributed by atoms with Crippen molar-refractivity contribution in [1.82, 2.24) is 14.9 Å². The van der Waals surface area contributed by atoms with E-state index in [-0.39, 0.29) is 36.5 Å². The first-order valence-corrected chi connectivity index (χ1v) is 10.3. The predicted molar refractivity (Wildman–Crippen MR) is 110 cm³/mol. The highest BCUT2D eigenvalue weighted by atomic mass is 32.2. The van der Waals surface area contributed by atoms with Gasteiger partial charge in [-0.05, 0) is 36.4 Å². The topological polar surface area (TPSA) is 73.2 Å². The molecule has 0 saturated carbocycles. The highest BCUT2D eigenvalue weighted by molar-refractivity contribution is 7.99. The summed E-state index contributed by atoms with van der Waals surface area (Å²) in [5, 5.41) is 2.88. The zero-order valence-electron chi connectivity index (χ0n) is 16.3. The molecule has 0 spiro atoms. The van der Waals surface area contributed by atoms with Crippen LogP contribution in [0.3, 0.4) is 0 Å². The number of fused-ring (bicyclic) bond motifs is 1. The molecule has 0 aliphatic rings. The molecule has 158 valence electrons. The minimum atomic E-state index is -2.66. The summed E-state index contributed by atoms with van der Waals surface area (Å²) in [4.78, 5) is 29.0. The van der Waals surface area contributed by atoms with E-state index in [9.17, 15) is 18.4 Å². The predicted octanol–water partition coefficient (Wildman–Crippen LogP) is 4.16. The first-order chi connectivity index (χ1) is 14.5. The van der Waals surface area contributed by atoms with Gasteiger partial charge < -0.3 is 14.6 Å². The molecule has 0 aliphatic heterocycles. The number of nitrogens with one attached hydrogen (secondary N) is 1. The number of imidazole rings is 1. The van der Waals surface area contributed by atoms with Crippen LogP contribution in [0.25, 0.3) is 11.0 Å². The van der Waals surface area contributed by atoms with Crippen molar-refractivity contribution in [3.63, 3.8) is 0 Å². The Bertz CT molecular complexity index is 1010. The number of ether oxygens (including phenoxy) is 1. The Morgan fingerprint density at radius 1 is 1.13 bits per heavy atom. The number of esters is 1. The first-order valence-electron chi connectivity index (χ1n) is 9.38. The number of halogens is 2. The van der Waals surface area contributed by atoms with Crippen LogP contribution in [-0.2, 0) is 20.9 Å². The number of nitrogens with zero attached hydrogens (tertiary/aromatic N) is 2. The molecule has 0 fully saturated rings. The van der Waals surface area contributed by atoms with Crippen LogP contribution in [0.4, 0.5) is 8.78 Å². The fraction of sp³-hybridized carbons (Fsp3) is 0.286. The molecule has 1 N–H and O–H groups in total. The van der Waals surface area contributed by atoms with E-state index < -0.39 is 23.7 Å². The van der Waals surface area contributed by atoms with Crippen LogP contribution < -0.4 is 5.32 Å². The fourth-order valence-corrected chi connectivity index (χ4v) is 3.68. The van der Waals surface area contributed by atoms with Crippen molar-refractivity contribution < 1.29 is 23.1 Å². The number of alkyl halides is 2. The van der Waals surface area contributed by atoms with E-state index in [0.29, 0.717) is 11.0 Å². The summed E-state index contributed by atoms with van der Waals surface area (Å²) in [7, 11) is 0. The van der Waals surface area contributed by atoms with Crippen LogP contribution >= 0.6 is 11.8 Å². The second-order valence-corrected chi connectivity index (χ2v) is 7.34. The van der Waals surface area contributed by atoms with Crippen LogP contribution in [0.2, 0.25) is 0 Å². The number of carbonyl (C=O) groups is 2. The van der Waals surface area contributed by atoms with Crippen molar-refractivity contribution in [2.24, 2.45) is 0 Å². The Labute approximate surface area is 176 Å². The fourth-order valence-electron chi connectivity index (χ4n) is 3.08. The van der Waals surface area contributed by atoms with Gasteiger partial charge in [0.1, 0.15) is 6.54 Å². The van der Waals surface area contributed by atoms with Crippen LogP contribution in [0.5, 0.6) is 0 Å². The van der Waals surface area contributed by atoms with Gasteiger partial charge in [0.25, 0.3) is 5.76 Å². The van der Waals surface area contributed by atoms with Crippen molar-refractivity contribution in [1.29, 1.82) is 0 Å². The molecule has 0 radical (unpaired) electrons. The highest BCUT2D eigenvalue weighted by Gasteiger charge is 2.22. The minimum Gasteiger partial charge on any atom is -0.466 e. The van der Waals surface area contributed by atoms with Crippen molar-refractivity contribution >= 4 is 34.7 Å². The second-order valence-electron chi connectivity index (χ2n) is 6.39. The third-order valence-electron chi connectivity index (χ3n) is 4.33. The molecule has 1 unspecified atom stereocenters. The molecule has 0 aliphatic carbocycles. The Morgan fingerprint density at radius 2 is 1.83 bits per heavy atom. The molecular formula is C21H21F2N3O3S. The van der Waals surface area contributed by atoms with Crippen molar-refractivity contribution in [2.45, 2.75) is 36.8 Å². The first kappa shape index (κ1) is 21.8. The van der Waals surface area contributed by atoms with E-state index >= 15 is 0 Å². The minimum absolute atomic E-state index is 0.0348. The molecule has 1 heterocycles. The number of carbonyl (C=O) groups excluding carboxylic acids is 2. The molecule has 9 heteroatoms. The monoisotopic (exact) mass is 433 g/mol.